The summed E-state index contributed by atoms with van der Waals surface area (Å²) in [6.45, 7) is 9.70. The molecule has 0 bridgehead atoms. The van der Waals surface area contributed by atoms with Gasteiger partial charge in [0.25, 0.3) is 0 Å². The van der Waals surface area contributed by atoms with Gasteiger partial charge in [-0.25, -0.2) is 4.68 Å². The van der Waals surface area contributed by atoms with Crippen molar-refractivity contribution in [2.45, 2.75) is 58.6 Å². The third kappa shape index (κ3) is 3.73. The molecule has 1 aliphatic rings. The maximum Gasteiger partial charge on any atom is 0.0960 e. The fraction of sp³-hybridized carbons (Fsp3) is 0.500. The van der Waals surface area contributed by atoms with E-state index in [4.69, 9.17) is 9.72 Å². The summed E-state index contributed by atoms with van der Waals surface area (Å²) in [5.74, 6) is 0.525. The Labute approximate surface area is 194 Å². The Morgan fingerprint density at radius 3 is 2.64 bits per heavy atom. The highest BCUT2D eigenvalue weighted by atomic mass is 16.5. The normalized spacial score (nSPS) is 16.7. The minimum atomic E-state index is -0.910. The van der Waals surface area contributed by atoms with Crippen LogP contribution in [0.25, 0.3) is 33.2 Å². The second kappa shape index (κ2) is 8.22. The number of nitrogens with zero attached hydrogens (tertiary/aromatic N) is 5. The molecule has 1 fully saturated rings. The molecule has 4 aromatic rings. The van der Waals surface area contributed by atoms with Crippen molar-refractivity contribution in [3.05, 3.63) is 41.7 Å². The van der Waals surface area contributed by atoms with E-state index < -0.39 is 5.60 Å². The lowest BCUT2D eigenvalue weighted by Crippen LogP contribution is -2.24. The SMILES string of the molecule is CCc1nnn(C)c1-c1cnc2c3ccc(C(C)(C)O)cc3n(C(C)C3CCOCC3)c2c1. The molecule has 0 amide bonds. The van der Waals surface area contributed by atoms with Gasteiger partial charge in [0.1, 0.15) is 0 Å². The van der Waals surface area contributed by atoms with Gasteiger partial charge in [-0.1, -0.05) is 24.3 Å². The van der Waals surface area contributed by atoms with Crippen molar-refractivity contribution < 1.29 is 9.84 Å². The molecule has 33 heavy (non-hydrogen) atoms. The van der Waals surface area contributed by atoms with Crippen LogP contribution in [-0.2, 0) is 23.8 Å². The molecule has 0 aliphatic carbocycles. The van der Waals surface area contributed by atoms with Crippen LogP contribution in [0.5, 0.6) is 0 Å². The maximum atomic E-state index is 10.7. The first-order valence-corrected chi connectivity index (χ1v) is 11.9. The highest BCUT2D eigenvalue weighted by Gasteiger charge is 2.27. The van der Waals surface area contributed by atoms with Crippen molar-refractivity contribution in [2.75, 3.05) is 13.2 Å². The van der Waals surface area contributed by atoms with Crippen LogP contribution >= 0.6 is 0 Å². The molecule has 0 spiro atoms. The number of hydrogen-bond donors (Lipinski definition) is 1. The van der Waals surface area contributed by atoms with Crippen LogP contribution in [0.2, 0.25) is 0 Å². The predicted octanol–water partition coefficient (Wildman–Crippen LogP) is 4.76. The van der Waals surface area contributed by atoms with Crippen molar-refractivity contribution in [1.82, 2.24) is 24.5 Å². The van der Waals surface area contributed by atoms with Crippen LogP contribution in [0.1, 0.15) is 57.8 Å². The Morgan fingerprint density at radius 2 is 1.94 bits per heavy atom. The lowest BCUT2D eigenvalue weighted by Gasteiger charge is -2.30. The molecule has 1 unspecified atom stereocenters. The number of ether oxygens (including phenoxy) is 1. The molecule has 1 N–H and O–H groups in total. The molecular weight excluding hydrogens is 414 g/mol. The van der Waals surface area contributed by atoms with Crippen molar-refractivity contribution in [2.24, 2.45) is 13.0 Å². The molecule has 0 saturated carbocycles. The fourth-order valence-corrected chi connectivity index (χ4v) is 5.25. The summed E-state index contributed by atoms with van der Waals surface area (Å²) in [5.41, 5.74) is 6.22. The second-order valence-corrected chi connectivity index (χ2v) is 9.80. The van der Waals surface area contributed by atoms with E-state index in [-0.39, 0.29) is 6.04 Å². The standard InChI is InChI=1S/C26H33N5O2/c1-6-21-25(30(5)29-28-21)18-13-23-24(27-15-18)20-8-7-19(26(3,4)32)14-22(20)31(23)16(2)17-9-11-33-12-10-17/h7-8,13-17,32H,6,9-12H2,1-5H3. The zero-order chi connectivity index (χ0) is 23.3. The number of aromatic nitrogens is 5. The Hall–Kier alpha value is -2.77. The van der Waals surface area contributed by atoms with Crippen molar-refractivity contribution in [3.63, 3.8) is 0 Å². The lowest BCUT2D eigenvalue weighted by atomic mass is 9.92. The first-order valence-electron chi connectivity index (χ1n) is 11.9. The van der Waals surface area contributed by atoms with Gasteiger partial charge in [-0.3, -0.25) is 4.98 Å². The van der Waals surface area contributed by atoms with E-state index in [0.717, 1.165) is 76.9 Å². The fourth-order valence-electron chi connectivity index (χ4n) is 5.25. The van der Waals surface area contributed by atoms with E-state index in [9.17, 15) is 5.11 Å². The number of aryl methyl sites for hydroxylation is 2. The van der Waals surface area contributed by atoms with Gasteiger partial charge in [-0.2, -0.15) is 0 Å². The van der Waals surface area contributed by atoms with Gasteiger partial charge in [-0.15, -0.1) is 5.10 Å². The third-order valence-corrected chi connectivity index (χ3v) is 7.21. The lowest BCUT2D eigenvalue weighted by molar-refractivity contribution is 0.0524. The molecular formula is C26H33N5O2. The molecule has 1 atom stereocenters. The highest BCUT2D eigenvalue weighted by Crippen LogP contribution is 2.39. The summed E-state index contributed by atoms with van der Waals surface area (Å²) < 4.78 is 9.91. The summed E-state index contributed by atoms with van der Waals surface area (Å²) in [6, 6.07) is 8.77. The van der Waals surface area contributed by atoms with Crippen molar-refractivity contribution >= 4 is 21.9 Å². The number of benzene rings is 1. The van der Waals surface area contributed by atoms with Gasteiger partial charge in [0.15, 0.2) is 0 Å². The molecule has 7 nitrogen and oxygen atoms in total. The molecule has 3 aromatic heterocycles. The summed E-state index contributed by atoms with van der Waals surface area (Å²) in [7, 11) is 1.93. The summed E-state index contributed by atoms with van der Waals surface area (Å²) >= 11 is 0. The summed E-state index contributed by atoms with van der Waals surface area (Å²) in [4.78, 5) is 4.94. The van der Waals surface area contributed by atoms with E-state index in [1.807, 2.05) is 37.8 Å². The first-order chi connectivity index (χ1) is 15.8. The quantitative estimate of drug-likeness (QED) is 0.477. The Bertz CT molecular complexity index is 1310. The van der Waals surface area contributed by atoms with Gasteiger partial charge < -0.3 is 14.4 Å². The monoisotopic (exact) mass is 447 g/mol. The van der Waals surface area contributed by atoms with Crippen LogP contribution in [0.3, 0.4) is 0 Å². The van der Waals surface area contributed by atoms with Crippen LogP contribution in [0.4, 0.5) is 0 Å². The molecule has 1 saturated heterocycles. The molecule has 5 rings (SSSR count). The third-order valence-electron chi connectivity index (χ3n) is 7.21. The molecule has 0 radical (unpaired) electrons. The van der Waals surface area contributed by atoms with E-state index in [1.165, 1.54) is 0 Å². The predicted molar refractivity (Wildman–Crippen MR) is 130 cm³/mol. The number of rotatable bonds is 5. The maximum absolute atomic E-state index is 10.7. The van der Waals surface area contributed by atoms with Crippen LogP contribution in [0.15, 0.2) is 30.5 Å². The number of fused-ring (bicyclic) bond motifs is 3. The van der Waals surface area contributed by atoms with Gasteiger partial charge in [0, 0.05) is 43.4 Å². The van der Waals surface area contributed by atoms with Crippen molar-refractivity contribution in [1.29, 1.82) is 0 Å². The molecule has 1 aliphatic heterocycles. The number of hydrogen-bond acceptors (Lipinski definition) is 5. The van der Waals surface area contributed by atoms with Gasteiger partial charge >= 0.3 is 0 Å². The summed E-state index contributed by atoms with van der Waals surface area (Å²) in [5, 5.41) is 20.4. The minimum absolute atomic E-state index is 0.276. The first kappa shape index (κ1) is 22.0. The van der Waals surface area contributed by atoms with E-state index in [1.54, 1.807) is 0 Å². The summed E-state index contributed by atoms with van der Waals surface area (Å²) in [6.07, 6.45) is 4.85. The Kier molecular flexibility index (Phi) is 5.49. The second-order valence-electron chi connectivity index (χ2n) is 9.80. The minimum Gasteiger partial charge on any atom is -0.386 e. The molecule has 174 valence electrons. The van der Waals surface area contributed by atoms with Crippen LogP contribution in [0, 0.1) is 5.92 Å². The van der Waals surface area contributed by atoms with E-state index in [0.29, 0.717) is 5.92 Å². The Morgan fingerprint density at radius 1 is 1.18 bits per heavy atom. The highest BCUT2D eigenvalue weighted by molar-refractivity contribution is 6.07. The van der Waals surface area contributed by atoms with E-state index >= 15 is 0 Å². The molecule has 7 heteroatoms. The molecule has 4 heterocycles. The van der Waals surface area contributed by atoms with Crippen molar-refractivity contribution in [3.8, 4) is 11.3 Å². The zero-order valence-corrected chi connectivity index (χ0v) is 20.2. The van der Waals surface area contributed by atoms with Gasteiger partial charge in [0.2, 0.25) is 0 Å². The van der Waals surface area contributed by atoms with Crippen LogP contribution in [-0.4, -0.2) is 42.9 Å². The van der Waals surface area contributed by atoms with Gasteiger partial charge in [0.05, 0.1) is 33.5 Å². The number of pyridine rings is 1. The molecule has 1 aromatic carbocycles. The largest absolute Gasteiger partial charge is 0.386 e. The number of aliphatic hydroxyl groups is 1. The average molecular weight is 448 g/mol. The van der Waals surface area contributed by atoms with E-state index in [2.05, 4.69) is 46.9 Å². The average Bonchev–Trinajstić information content (AvgIpc) is 3.34. The Balaban J connectivity index is 1.78. The topological polar surface area (TPSA) is 78.0 Å². The zero-order valence-electron chi connectivity index (χ0n) is 20.2. The van der Waals surface area contributed by atoms with Gasteiger partial charge in [-0.05, 0) is 63.6 Å². The van der Waals surface area contributed by atoms with Crippen LogP contribution < -0.4 is 0 Å². The smallest absolute Gasteiger partial charge is 0.0960 e.